The van der Waals surface area contributed by atoms with Gasteiger partial charge in [0, 0.05) is 13.1 Å². The normalized spacial score (nSPS) is 18.8. The Balaban J connectivity index is 1.72. The summed E-state index contributed by atoms with van der Waals surface area (Å²) in [6.45, 7) is 4.48. The molecule has 0 spiro atoms. The first-order valence-electron chi connectivity index (χ1n) is 4.25. The molecule has 0 unspecified atom stereocenters. The molecule has 2 heterocycles. The van der Waals surface area contributed by atoms with Crippen LogP contribution in [0.2, 0.25) is 0 Å². The molecule has 0 atom stereocenters. The molecule has 0 saturated carbocycles. The lowest BCUT2D eigenvalue weighted by atomic mass is 10.4. The van der Waals surface area contributed by atoms with E-state index in [1.807, 2.05) is 0 Å². The predicted octanol–water partition coefficient (Wildman–Crippen LogP) is 0.240. The molecule has 1 saturated heterocycles. The van der Waals surface area contributed by atoms with Crippen molar-refractivity contribution in [2.75, 3.05) is 38.3 Å². The number of ether oxygens (including phenoxy) is 1. The molecule has 0 aliphatic carbocycles. The highest BCUT2D eigenvalue weighted by atomic mass is 32.1. The van der Waals surface area contributed by atoms with Crippen LogP contribution in [0, 0.1) is 0 Å². The number of nitrogens with zero attached hydrogens (tertiary/aromatic N) is 3. The zero-order chi connectivity index (χ0) is 8.93. The first kappa shape index (κ1) is 8.86. The zero-order valence-electron chi connectivity index (χ0n) is 7.27. The lowest BCUT2D eigenvalue weighted by Gasteiger charge is -2.26. The second-order valence-corrected chi connectivity index (χ2v) is 3.64. The Hall–Kier alpha value is -0.720. The average molecular weight is 200 g/mol. The molecule has 1 fully saturated rings. The van der Waals surface area contributed by atoms with Crippen LogP contribution in [0.5, 0.6) is 0 Å². The minimum absolute atomic E-state index is 0.831. The summed E-state index contributed by atoms with van der Waals surface area (Å²) in [5, 5.41) is 11.7. The maximum Gasteiger partial charge on any atom is 0.206 e. The van der Waals surface area contributed by atoms with Crippen LogP contribution in [0.25, 0.3) is 0 Å². The van der Waals surface area contributed by atoms with E-state index < -0.39 is 0 Å². The van der Waals surface area contributed by atoms with Gasteiger partial charge in [-0.1, -0.05) is 11.3 Å². The Kier molecular flexibility index (Phi) is 3.07. The number of hydrogen-bond acceptors (Lipinski definition) is 6. The lowest BCUT2D eigenvalue weighted by Crippen LogP contribution is -2.39. The van der Waals surface area contributed by atoms with Gasteiger partial charge in [0.2, 0.25) is 5.13 Å². The minimum atomic E-state index is 0.831. The van der Waals surface area contributed by atoms with Gasteiger partial charge in [0.25, 0.3) is 0 Å². The number of aromatic nitrogens is 2. The highest BCUT2D eigenvalue weighted by molar-refractivity contribution is 7.13. The predicted molar refractivity (Wildman–Crippen MR) is 50.8 cm³/mol. The van der Waals surface area contributed by atoms with Gasteiger partial charge in [-0.25, -0.2) is 0 Å². The molecular weight excluding hydrogens is 188 g/mol. The molecule has 72 valence electrons. The second kappa shape index (κ2) is 4.50. The molecule has 5 nitrogen and oxygen atoms in total. The van der Waals surface area contributed by atoms with Crippen LogP contribution in [-0.2, 0) is 4.74 Å². The highest BCUT2D eigenvalue weighted by Crippen LogP contribution is 2.07. The minimum Gasteiger partial charge on any atom is -0.379 e. The van der Waals surface area contributed by atoms with Crippen LogP contribution in [-0.4, -0.2) is 48.1 Å². The third-order valence-corrected chi connectivity index (χ3v) is 2.57. The second-order valence-electron chi connectivity index (χ2n) is 2.81. The summed E-state index contributed by atoms with van der Waals surface area (Å²) in [4.78, 5) is 2.30. The van der Waals surface area contributed by atoms with E-state index in [9.17, 15) is 0 Å². The number of nitrogens with one attached hydrogen (secondary N) is 1. The van der Waals surface area contributed by atoms with Crippen LogP contribution in [0.15, 0.2) is 5.51 Å². The molecule has 1 aliphatic rings. The number of hydrogen-bond donors (Lipinski definition) is 1. The summed E-state index contributed by atoms with van der Waals surface area (Å²) in [6, 6.07) is 0. The Morgan fingerprint density at radius 1 is 1.54 bits per heavy atom. The first-order valence-corrected chi connectivity index (χ1v) is 5.13. The van der Waals surface area contributed by atoms with Gasteiger partial charge < -0.3 is 10.1 Å². The van der Waals surface area contributed by atoms with E-state index in [-0.39, 0.29) is 0 Å². The van der Waals surface area contributed by atoms with Crippen LogP contribution in [0.3, 0.4) is 0 Å². The molecule has 1 aromatic rings. The third kappa shape index (κ3) is 2.61. The number of anilines is 1. The maximum absolute atomic E-state index is 5.24. The van der Waals surface area contributed by atoms with Crippen LogP contribution in [0.1, 0.15) is 0 Å². The molecule has 6 heteroatoms. The molecule has 0 bridgehead atoms. The highest BCUT2D eigenvalue weighted by Gasteiger charge is 2.09. The SMILES string of the molecule is c1nnc(NCN2CCOCC2)s1. The largest absolute Gasteiger partial charge is 0.379 e. The lowest BCUT2D eigenvalue weighted by molar-refractivity contribution is 0.0414. The summed E-state index contributed by atoms with van der Waals surface area (Å²) < 4.78 is 5.24. The van der Waals surface area contributed by atoms with Gasteiger partial charge in [-0.05, 0) is 0 Å². The van der Waals surface area contributed by atoms with Crippen molar-refractivity contribution in [3.63, 3.8) is 0 Å². The molecule has 1 N–H and O–H groups in total. The van der Waals surface area contributed by atoms with Gasteiger partial charge >= 0.3 is 0 Å². The smallest absolute Gasteiger partial charge is 0.206 e. The Labute approximate surface area is 80.7 Å². The topological polar surface area (TPSA) is 50.3 Å². The molecule has 0 amide bonds. The fraction of sp³-hybridized carbons (Fsp3) is 0.714. The number of morpholine rings is 1. The molecule has 13 heavy (non-hydrogen) atoms. The molecule has 1 aliphatic heterocycles. The van der Waals surface area contributed by atoms with Gasteiger partial charge in [-0.15, -0.1) is 10.2 Å². The van der Waals surface area contributed by atoms with E-state index in [0.29, 0.717) is 0 Å². The average Bonchev–Trinajstić information content (AvgIpc) is 2.69. The van der Waals surface area contributed by atoms with Crippen molar-refractivity contribution >= 4 is 16.5 Å². The van der Waals surface area contributed by atoms with Gasteiger partial charge in [0.05, 0.1) is 19.9 Å². The van der Waals surface area contributed by atoms with Crippen molar-refractivity contribution in [2.45, 2.75) is 0 Å². The number of rotatable bonds is 3. The Bertz CT molecular complexity index is 235. The van der Waals surface area contributed by atoms with Crippen molar-refractivity contribution in [2.24, 2.45) is 0 Å². The van der Waals surface area contributed by atoms with Crippen molar-refractivity contribution in [1.82, 2.24) is 15.1 Å². The van der Waals surface area contributed by atoms with E-state index in [0.717, 1.165) is 38.1 Å². The van der Waals surface area contributed by atoms with E-state index in [4.69, 9.17) is 4.74 Å². The summed E-state index contributed by atoms with van der Waals surface area (Å²) in [5.74, 6) is 0. The van der Waals surface area contributed by atoms with Crippen molar-refractivity contribution in [1.29, 1.82) is 0 Å². The monoisotopic (exact) mass is 200 g/mol. The summed E-state index contributed by atoms with van der Waals surface area (Å²) in [7, 11) is 0. The molecule has 1 aromatic heterocycles. The summed E-state index contributed by atoms with van der Waals surface area (Å²) >= 11 is 1.52. The van der Waals surface area contributed by atoms with Gasteiger partial charge in [0.15, 0.2) is 0 Å². The van der Waals surface area contributed by atoms with E-state index >= 15 is 0 Å². The van der Waals surface area contributed by atoms with Crippen molar-refractivity contribution in [3.05, 3.63) is 5.51 Å². The molecule has 2 rings (SSSR count). The van der Waals surface area contributed by atoms with Gasteiger partial charge in [-0.3, -0.25) is 4.90 Å². The van der Waals surface area contributed by atoms with Crippen LogP contribution in [0.4, 0.5) is 5.13 Å². The zero-order valence-corrected chi connectivity index (χ0v) is 8.09. The Morgan fingerprint density at radius 2 is 2.38 bits per heavy atom. The van der Waals surface area contributed by atoms with E-state index in [2.05, 4.69) is 20.4 Å². The van der Waals surface area contributed by atoms with E-state index in [1.54, 1.807) is 5.51 Å². The Morgan fingerprint density at radius 3 is 3.08 bits per heavy atom. The first-order chi connectivity index (χ1) is 6.45. The van der Waals surface area contributed by atoms with Crippen LogP contribution < -0.4 is 5.32 Å². The van der Waals surface area contributed by atoms with Crippen molar-refractivity contribution < 1.29 is 4.74 Å². The fourth-order valence-corrected chi connectivity index (χ4v) is 1.63. The van der Waals surface area contributed by atoms with Gasteiger partial charge in [0.1, 0.15) is 5.51 Å². The quantitative estimate of drug-likeness (QED) is 0.757. The molecule has 0 aromatic carbocycles. The van der Waals surface area contributed by atoms with Gasteiger partial charge in [-0.2, -0.15) is 0 Å². The van der Waals surface area contributed by atoms with Crippen LogP contribution >= 0.6 is 11.3 Å². The summed E-state index contributed by atoms with van der Waals surface area (Å²) in [6.07, 6.45) is 0. The van der Waals surface area contributed by atoms with Crippen molar-refractivity contribution in [3.8, 4) is 0 Å². The summed E-state index contributed by atoms with van der Waals surface area (Å²) in [5.41, 5.74) is 1.72. The standard InChI is InChI=1S/C7H12N4OS/c1-3-12-4-2-11(1)5-8-7-10-9-6-13-7/h6H,1-5H2,(H,8,10). The fourth-order valence-electron chi connectivity index (χ4n) is 1.19. The van der Waals surface area contributed by atoms with E-state index in [1.165, 1.54) is 11.3 Å². The third-order valence-electron chi connectivity index (χ3n) is 1.92. The molecular formula is C7H12N4OS. The maximum atomic E-state index is 5.24. The molecule has 0 radical (unpaired) electrons.